The largest absolute Gasteiger partial charge is 0.489 e. The van der Waals surface area contributed by atoms with Crippen molar-refractivity contribution < 1.29 is 23.7 Å². The molecule has 34 heavy (non-hydrogen) atoms. The molecule has 1 aliphatic rings. The summed E-state index contributed by atoms with van der Waals surface area (Å²) in [6.45, 7) is 5.54. The fourth-order valence-corrected chi connectivity index (χ4v) is 4.04. The number of ether oxygens (including phenoxy) is 4. The second kappa shape index (κ2) is 11.3. The van der Waals surface area contributed by atoms with E-state index in [1.165, 1.54) is 16.7 Å². The van der Waals surface area contributed by atoms with Gasteiger partial charge in [0.25, 0.3) is 0 Å². The minimum atomic E-state index is -0.605. The van der Waals surface area contributed by atoms with Crippen LogP contribution in [-0.4, -0.2) is 32.4 Å². The third kappa shape index (κ3) is 5.85. The smallest absolute Gasteiger partial charge is 0.332 e. The van der Waals surface area contributed by atoms with Gasteiger partial charge >= 0.3 is 5.97 Å². The van der Waals surface area contributed by atoms with Crippen LogP contribution in [0.4, 0.5) is 0 Å². The van der Waals surface area contributed by atoms with Crippen molar-refractivity contribution in [2.24, 2.45) is 0 Å². The summed E-state index contributed by atoms with van der Waals surface area (Å²) in [4.78, 5) is 11.7. The van der Waals surface area contributed by atoms with Crippen molar-refractivity contribution in [1.82, 2.24) is 0 Å². The molecule has 0 atom stereocenters. The summed E-state index contributed by atoms with van der Waals surface area (Å²) in [5.41, 5.74) is 5.24. The van der Waals surface area contributed by atoms with E-state index in [1.54, 1.807) is 6.92 Å². The average Bonchev–Trinajstić information content (AvgIpc) is 2.84. The molecular formula is C29H32O5. The highest BCUT2D eigenvalue weighted by atomic mass is 16.6. The first kappa shape index (κ1) is 24.0. The maximum Gasteiger partial charge on any atom is 0.332 e. The monoisotopic (exact) mass is 460 g/mol. The molecule has 3 aromatic rings. The third-order valence-electron chi connectivity index (χ3n) is 5.98. The minimum absolute atomic E-state index is 0.0902. The van der Waals surface area contributed by atoms with Crippen LogP contribution in [0, 0.1) is 0 Å². The van der Waals surface area contributed by atoms with E-state index < -0.39 is 5.60 Å². The SMILES string of the molecule is CCCc1ccc(-c2cccc(COc3ccc(C4(OCC(=O)OCC)COC4)cc3)c2)cc1. The Balaban J connectivity index is 1.36. The molecule has 1 saturated heterocycles. The molecule has 1 heterocycles. The molecule has 0 spiro atoms. The fourth-order valence-electron chi connectivity index (χ4n) is 4.04. The topological polar surface area (TPSA) is 54.0 Å². The number of benzene rings is 3. The van der Waals surface area contributed by atoms with Crippen LogP contribution in [0.1, 0.15) is 37.0 Å². The molecule has 178 valence electrons. The number of carbonyl (C=O) groups excluding carboxylic acids is 1. The lowest BCUT2D eigenvalue weighted by molar-refractivity contribution is -0.221. The third-order valence-corrected chi connectivity index (χ3v) is 5.98. The highest BCUT2D eigenvalue weighted by Gasteiger charge is 2.42. The van der Waals surface area contributed by atoms with Gasteiger partial charge in [-0.05, 0) is 59.4 Å². The van der Waals surface area contributed by atoms with Gasteiger partial charge < -0.3 is 18.9 Å². The van der Waals surface area contributed by atoms with Crippen LogP contribution < -0.4 is 4.74 Å². The van der Waals surface area contributed by atoms with Gasteiger partial charge in [0.05, 0.1) is 19.8 Å². The van der Waals surface area contributed by atoms with Crippen LogP contribution in [0.15, 0.2) is 72.8 Å². The maximum atomic E-state index is 11.7. The van der Waals surface area contributed by atoms with Gasteiger partial charge in [0.15, 0.2) is 0 Å². The maximum absolute atomic E-state index is 11.7. The molecule has 3 aromatic carbocycles. The summed E-state index contributed by atoms with van der Waals surface area (Å²) in [5, 5.41) is 0. The van der Waals surface area contributed by atoms with Crippen LogP contribution in [0.5, 0.6) is 5.75 Å². The van der Waals surface area contributed by atoms with Crippen molar-refractivity contribution in [3.8, 4) is 16.9 Å². The van der Waals surface area contributed by atoms with Gasteiger partial charge in [-0.15, -0.1) is 0 Å². The Morgan fingerprint density at radius 1 is 0.912 bits per heavy atom. The first-order valence-corrected chi connectivity index (χ1v) is 11.9. The highest BCUT2D eigenvalue weighted by Crippen LogP contribution is 2.34. The number of carbonyl (C=O) groups is 1. The average molecular weight is 461 g/mol. The molecule has 0 unspecified atom stereocenters. The molecule has 1 aliphatic heterocycles. The summed E-state index contributed by atoms with van der Waals surface area (Å²) >= 11 is 0. The van der Waals surface area contributed by atoms with E-state index in [1.807, 2.05) is 24.3 Å². The normalized spacial score (nSPS) is 14.3. The Hall–Kier alpha value is -3.15. The second-order valence-corrected chi connectivity index (χ2v) is 8.54. The molecule has 0 amide bonds. The van der Waals surface area contributed by atoms with E-state index in [4.69, 9.17) is 18.9 Å². The summed E-state index contributed by atoms with van der Waals surface area (Å²) in [6, 6.07) is 25.0. The summed E-state index contributed by atoms with van der Waals surface area (Å²) in [7, 11) is 0. The molecule has 0 saturated carbocycles. The zero-order valence-electron chi connectivity index (χ0n) is 19.9. The lowest BCUT2D eigenvalue weighted by Gasteiger charge is -2.41. The van der Waals surface area contributed by atoms with Gasteiger partial charge in [-0.3, -0.25) is 0 Å². The van der Waals surface area contributed by atoms with Crippen LogP contribution in [0.3, 0.4) is 0 Å². The molecule has 0 radical (unpaired) electrons. The predicted molar refractivity (Wildman–Crippen MR) is 132 cm³/mol. The van der Waals surface area contributed by atoms with Crippen LogP contribution in [-0.2, 0) is 37.6 Å². The zero-order chi connectivity index (χ0) is 23.8. The standard InChI is InChI=1S/C29H32O5/c1-3-6-22-9-11-24(12-10-22)25-8-5-7-23(17-25)18-33-27-15-13-26(14-16-27)29(20-31-21-29)34-19-28(30)32-4-2/h5,7-17H,3-4,6,18-21H2,1-2H3. The van der Waals surface area contributed by atoms with Gasteiger partial charge in [-0.1, -0.05) is 67.9 Å². The molecule has 1 fully saturated rings. The van der Waals surface area contributed by atoms with Crippen molar-refractivity contribution in [3.63, 3.8) is 0 Å². The minimum Gasteiger partial charge on any atom is -0.489 e. The number of hydrogen-bond donors (Lipinski definition) is 0. The summed E-state index contributed by atoms with van der Waals surface area (Å²) in [5.74, 6) is 0.409. The lowest BCUT2D eigenvalue weighted by atomic mass is 9.91. The number of esters is 1. The molecule has 0 aliphatic carbocycles. The van der Waals surface area contributed by atoms with Crippen molar-refractivity contribution in [2.75, 3.05) is 26.4 Å². The molecule has 0 bridgehead atoms. The number of aryl methyl sites for hydroxylation is 1. The van der Waals surface area contributed by atoms with Gasteiger partial charge in [-0.2, -0.15) is 0 Å². The van der Waals surface area contributed by atoms with E-state index in [0.717, 1.165) is 29.7 Å². The predicted octanol–water partition coefficient (Wildman–Crippen LogP) is 5.69. The van der Waals surface area contributed by atoms with Crippen LogP contribution in [0.25, 0.3) is 11.1 Å². The lowest BCUT2D eigenvalue weighted by Crippen LogP contribution is -2.49. The molecule has 0 N–H and O–H groups in total. The Kier molecular flexibility index (Phi) is 7.99. The Morgan fingerprint density at radius 2 is 1.68 bits per heavy atom. The second-order valence-electron chi connectivity index (χ2n) is 8.54. The molecule has 5 nitrogen and oxygen atoms in total. The van der Waals surface area contributed by atoms with Crippen molar-refractivity contribution in [2.45, 2.75) is 38.9 Å². The molecular weight excluding hydrogens is 428 g/mol. The number of rotatable bonds is 11. The van der Waals surface area contributed by atoms with Gasteiger partial charge in [0, 0.05) is 0 Å². The molecule has 5 heteroatoms. The summed E-state index contributed by atoms with van der Waals surface area (Å²) in [6.07, 6.45) is 2.27. The van der Waals surface area contributed by atoms with E-state index in [2.05, 4.69) is 55.5 Å². The van der Waals surface area contributed by atoms with E-state index in [-0.39, 0.29) is 12.6 Å². The quantitative estimate of drug-likeness (QED) is 0.344. The fraction of sp³-hybridized carbons (Fsp3) is 0.345. The Bertz CT molecular complexity index is 1070. The van der Waals surface area contributed by atoms with Crippen LogP contribution >= 0.6 is 0 Å². The summed E-state index contributed by atoms with van der Waals surface area (Å²) < 4.78 is 22.2. The van der Waals surface area contributed by atoms with Gasteiger partial charge in [0.2, 0.25) is 0 Å². The van der Waals surface area contributed by atoms with Gasteiger partial charge in [-0.25, -0.2) is 4.79 Å². The van der Waals surface area contributed by atoms with E-state index >= 15 is 0 Å². The number of hydrogen-bond acceptors (Lipinski definition) is 5. The van der Waals surface area contributed by atoms with Crippen LogP contribution in [0.2, 0.25) is 0 Å². The first-order chi connectivity index (χ1) is 16.6. The van der Waals surface area contributed by atoms with Crippen molar-refractivity contribution in [1.29, 1.82) is 0 Å². The molecule has 0 aromatic heterocycles. The van der Waals surface area contributed by atoms with Crippen molar-refractivity contribution >= 4 is 5.97 Å². The van der Waals surface area contributed by atoms with E-state index in [9.17, 15) is 4.79 Å². The van der Waals surface area contributed by atoms with Crippen molar-refractivity contribution in [3.05, 3.63) is 89.5 Å². The first-order valence-electron chi connectivity index (χ1n) is 11.9. The van der Waals surface area contributed by atoms with Gasteiger partial charge in [0.1, 0.15) is 24.6 Å². The zero-order valence-corrected chi connectivity index (χ0v) is 19.9. The Morgan fingerprint density at radius 3 is 2.32 bits per heavy atom. The van der Waals surface area contributed by atoms with E-state index in [0.29, 0.717) is 26.4 Å². The highest BCUT2D eigenvalue weighted by molar-refractivity contribution is 5.70. The Labute approximate surface area is 201 Å². The molecule has 4 rings (SSSR count).